The zero-order chi connectivity index (χ0) is 18.6. The summed E-state index contributed by atoms with van der Waals surface area (Å²) in [4.78, 5) is 20.7. The van der Waals surface area contributed by atoms with Gasteiger partial charge in [0.2, 0.25) is 0 Å². The van der Waals surface area contributed by atoms with Crippen LogP contribution in [-0.4, -0.2) is 27.0 Å². The number of aryl methyl sites for hydroxylation is 1. The average molecular weight is 358 g/mol. The molecule has 1 N–H and O–H groups in total. The number of fused-ring (bicyclic) bond motifs is 1. The van der Waals surface area contributed by atoms with Crippen LogP contribution >= 0.6 is 0 Å². The number of imidazole rings is 1. The summed E-state index contributed by atoms with van der Waals surface area (Å²) in [5.41, 5.74) is 0.614. The van der Waals surface area contributed by atoms with Crippen molar-refractivity contribution in [2.45, 2.75) is 6.92 Å². The highest BCUT2D eigenvalue weighted by Gasteiger charge is 2.06. The first-order valence-electron chi connectivity index (χ1n) is 8.57. The van der Waals surface area contributed by atoms with Gasteiger partial charge >= 0.3 is 0 Å². The lowest BCUT2D eigenvalue weighted by Gasteiger charge is -2.09. The van der Waals surface area contributed by atoms with Gasteiger partial charge in [0.1, 0.15) is 17.4 Å². The Hall–Kier alpha value is -3.67. The lowest BCUT2D eigenvalue weighted by molar-refractivity contribution is -0.118. The van der Waals surface area contributed by atoms with Crippen LogP contribution in [0.2, 0.25) is 0 Å². The molecular weight excluding hydrogens is 340 g/mol. The molecule has 1 amide bonds. The molecule has 27 heavy (non-hydrogen) atoms. The van der Waals surface area contributed by atoms with Crippen molar-refractivity contribution in [2.24, 2.45) is 0 Å². The summed E-state index contributed by atoms with van der Waals surface area (Å²) in [5, 5.41) is 4.99. The maximum Gasteiger partial charge on any atom is 0.262 e. The molecule has 0 unspecified atom stereocenters. The molecule has 0 fully saturated rings. The fourth-order valence-electron chi connectivity index (χ4n) is 2.83. The van der Waals surface area contributed by atoms with E-state index in [0.717, 1.165) is 22.4 Å². The van der Waals surface area contributed by atoms with Gasteiger partial charge in [0, 0.05) is 12.4 Å². The van der Waals surface area contributed by atoms with Crippen LogP contribution in [0, 0.1) is 6.92 Å². The number of carbonyl (C=O) groups excluding carboxylic acids is 1. The Morgan fingerprint density at radius 2 is 1.93 bits per heavy atom. The zero-order valence-corrected chi connectivity index (χ0v) is 14.8. The summed E-state index contributed by atoms with van der Waals surface area (Å²) in [6.45, 7) is 1.84. The van der Waals surface area contributed by atoms with E-state index in [1.807, 2.05) is 66.2 Å². The monoisotopic (exact) mass is 358 g/mol. The third kappa shape index (κ3) is 3.79. The Morgan fingerprint density at radius 1 is 1.07 bits per heavy atom. The number of pyridine rings is 1. The molecule has 0 bridgehead atoms. The number of ether oxygens (including phenoxy) is 1. The Morgan fingerprint density at radius 3 is 2.67 bits per heavy atom. The quantitative estimate of drug-likeness (QED) is 0.590. The predicted octanol–water partition coefficient (Wildman–Crippen LogP) is 3.75. The van der Waals surface area contributed by atoms with Gasteiger partial charge in [-0.2, -0.15) is 0 Å². The molecule has 0 saturated carbocycles. The molecule has 2 heterocycles. The highest BCUT2D eigenvalue weighted by atomic mass is 16.5. The van der Waals surface area contributed by atoms with E-state index in [4.69, 9.17) is 4.74 Å². The Bertz CT molecular complexity index is 1090. The van der Waals surface area contributed by atoms with E-state index < -0.39 is 0 Å². The fraction of sp³-hybridized carbons (Fsp3) is 0.0952. The van der Waals surface area contributed by atoms with Gasteiger partial charge in [-0.05, 0) is 42.0 Å². The van der Waals surface area contributed by atoms with Crippen LogP contribution in [0.1, 0.15) is 5.82 Å². The van der Waals surface area contributed by atoms with Crippen LogP contribution in [0.5, 0.6) is 5.75 Å². The van der Waals surface area contributed by atoms with Gasteiger partial charge in [-0.1, -0.05) is 30.3 Å². The molecule has 4 aromatic rings. The number of nitrogens with zero attached hydrogens (tertiary/aromatic N) is 3. The van der Waals surface area contributed by atoms with Crippen molar-refractivity contribution < 1.29 is 9.53 Å². The molecule has 6 nitrogen and oxygen atoms in total. The maximum atomic E-state index is 12.1. The first-order chi connectivity index (χ1) is 13.2. The minimum atomic E-state index is -0.239. The molecule has 0 radical (unpaired) electrons. The molecule has 0 aliphatic rings. The summed E-state index contributed by atoms with van der Waals surface area (Å²) in [7, 11) is 0. The van der Waals surface area contributed by atoms with Crippen molar-refractivity contribution in [3.63, 3.8) is 0 Å². The highest BCUT2D eigenvalue weighted by molar-refractivity contribution is 5.92. The van der Waals surface area contributed by atoms with Crippen LogP contribution in [0.15, 0.2) is 73.2 Å². The normalized spacial score (nSPS) is 10.7. The van der Waals surface area contributed by atoms with Crippen molar-refractivity contribution in [1.29, 1.82) is 0 Å². The van der Waals surface area contributed by atoms with Crippen molar-refractivity contribution >= 4 is 22.4 Å². The third-order valence-corrected chi connectivity index (χ3v) is 4.20. The Labute approximate surface area is 156 Å². The topological polar surface area (TPSA) is 69.0 Å². The zero-order valence-electron chi connectivity index (χ0n) is 14.8. The van der Waals surface area contributed by atoms with Crippen LogP contribution in [-0.2, 0) is 4.79 Å². The number of carbonyl (C=O) groups is 1. The summed E-state index contributed by atoms with van der Waals surface area (Å²) >= 11 is 0. The molecule has 0 aliphatic carbocycles. The van der Waals surface area contributed by atoms with Gasteiger partial charge in [-0.25, -0.2) is 9.97 Å². The Balaban J connectivity index is 1.36. The van der Waals surface area contributed by atoms with Crippen LogP contribution < -0.4 is 10.1 Å². The standard InChI is InChI=1S/C21H18N4O2/c1-15-22-10-11-25(15)20-9-7-18(13-23-20)24-21(26)14-27-19-8-6-16-4-2-3-5-17(16)12-19/h2-13H,14H2,1H3,(H,24,26). The van der Waals surface area contributed by atoms with Gasteiger partial charge in [0.05, 0.1) is 11.9 Å². The number of hydrogen-bond donors (Lipinski definition) is 1. The van der Waals surface area contributed by atoms with E-state index in [9.17, 15) is 4.79 Å². The molecular formula is C21H18N4O2. The predicted molar refractivity (Wildman–Crippen MR) is 104 cm³/mol. The van der Waals surface area contributed by atoms with Gasteiger partial charge in [-0.3, -0.25) is 9.36 Å². The number of nitrogens with one attached hydrogen (secondary N) is 1. The largest absolute Gasteiger partial charge is 0.484 e. The Kier molecular flexibility index (Phi) is 4.53. The van der Waals surface area contributed by atoms with Crippen LogP contribution in [0.25, 0.3) is 16.6 Å². The second-order valence-corrected chi connectivity index (χ2v) is 6.10. The van der Waals surface area contributed by atoms with Crippen LogP contribution in [0.3, 0.4) is 0 Å². The maximum absolute atomic E-state index is 12.1. The van der Waals surface area contributed by atoms with E-state index in [0.29, 0.717) is 11.4 Å². The van der Waals surface area contributed by atoms with E-state index in [1.165, 1.54) is 0 Å². The van der Waals surface area contributed by atoms with Crippen molar-refractivity contribution in [3.8, 4) is 11.6 Å². The molecule has 0 atom stereocenters. The first-order valence-corrected chi connectivity index (χ1v) is 8.57. The van der Waals surface area contributed by atoms with Crippen molar-refractivity contribution in [2.75, 3.05) is 11.9 Å². The van der Waals surface area contributed by atoms with Gasteiger partial charge in [-0.15, -0.1) is 0 Å². The second kappa shape index (κ2) is 7.29. The molecule has 0 saturated heterocycles. The number of aromatic nitrogens is 3. The van der Waals surface area contributed by atoms with E-state index >= 15 is 0 Å². The molecule has 2 aromatic carbocycles. The van der Waals surface area contributed by atoms with Gasteiger partial charge in [0.15, 0.2) is 6.61 Å². The summed E-state index contributed by atoms with van der Waals surface area (Å²) < 4.78 is 7.47. The lowest BCUT2D eigenvalue weighted by Crippen LogP contribution is -2.20. The molecule has 0 aliphatic heterocycles. The fourth-order valence-corrected chi connectivity index (χ4v) is 2.83. The molecule has 2 aromatic heterocycles. The molecule has 134 valence electrons. The van der Waals surface area contributed by atoms with Crippen molar-refractivity contribution in [1.82, 2.24) is 14.5 Å². The van der Waals surface area contributed by atoms with E-state index in [2.05, 4.69) is 15.3 Å². The third-order valence-electron chi connectivity index (χ3n) is 4.20. The van der Waals surface area contributed by atoms with Crippen molar-refractivity contribution in [3.05, 3.63) is 79.0 Å². The average Bonchev–Trinajstić information content (AvgIpc) is 3.13. The minimum absolute atomic E-state index is 0.0687. The first kappa shape index (κ1) is 16.8. The number of hydrogen-bond acceptors (Lipinski definition) is 4. The lowest BCUT2D eigenvalue weighted by atomic mass is 10.1. The number of amides is 1. The van der Waals surface area contributed by atoms with E-state index in [-0.39, 0.29) is 12.5 Å². The number of rotatable bonds is 5. The second-order valence-electron chi connectivity index (χ2n) is 6.10. The number of benzene rings is 2. The molecule has 0 spiro atoms. The number of anilines is 1. The summed E-state index contributed by atoms with van der Waals surface area (Å²) in [5.74, 6) is 2.02. The highest BCUT2D eigenvalue weighted by Crippen LogP contribution is 2.20. The summed E-state index contributed by atoms with van der Waals surface area (Å²) in [6, 6.07) is 17.4. The summed E-state index contributed by atoms with van der Waals surface area (Å²) in [6.07, 6.45) is 5.17. The SMILES string of the molecule is Cc1nccn1-c1ccc(NC(=O)COc2ccc3ccccc3c2)cn1. The van der Waals surface area contributed by atoms with E-state index in [1.54, 1.807) is 18.5 Å². The minimum Gasteiger partial charge on any atom is -0.484 e. The van der Waals surface area contributed by atoms with Gasteiger partial charge in [0.25, 0.3) is 5.91 Å². The van der Waals surface area contributed by atoms with Gasteiger partial charge < -0.3 is 10.1 Å². The smallest absolute Gasteiger partial charge is 0.262 e. The molecule has 6 heteroatoms. The molecule has 4 rings (SSSR count). The van der Waals surface area contributed by atoms with Crippen LogP contribution in [0.4, 0.5) is 5.69 Å².